The summed E-state index contributed by atoms with van der Waals surface area (Å²) in [5.41, 5.74) is 1.98. The van der Waals surface area contributed by atoms with E-state index in [2.05, 4.69) is 0 Å². The van der Waals surface area contributed by atoms with Gasteiger partial charge in [-0.15, -0.1) is 0 Å². The summed E-state index contributed by atoms with van der Waals surface area (Å²) in [6.45, 7) is 4.25. The van der Waals surface area contributed by atoms with E-state index in [1.54, 1.807) is 4.90 Å². The van der Waals surface area contributed by atoms with Crippen LogP contribution in [0.5, 0.6) is 5.75 Å². The molecule has 1 heterocycles. The molecular weight excluding hydrogens is 320 g/mol. The van der Waals surface area contributed by atoms with Crippen molar-refractivity contribution in [2.45, 2.75) is 20.0 Å². The summed E-state index contributed by atoms with van der Waals surface area (Å²) < 4.78 is 5.95. The normalized spacial score (nSPS) is 16.4. The number of amides is 1. The molecule has 0 fully saturated rings. The molecule has 0 saturated heterocycles. The maximum absolute atomic E-state index is 12.9. The Labute approximate surface area is 145 Å². The SMILES string of the molecule is CC=Cc1cccc2c1OC(C)CN2C(=O)c1ccc([N+](=O)[O-])cc1. The molecule has 0 radical (unpaired) electrons. The number of hydrogen-bond acceptors (Lipinski definition) is 4. The van der Waals surface area contributed by atoms with Crippen LogP contribution in [0, 0.1) is 10.1 Å². The monoisotopic (exact) mass is 338 g/mol. The highest BCUT2D eigenvalue weighted by molar-refractivity contribution is 6.07. The highest BCUT2D eigenvalue weighted by Gasteiger charge is 2.29. The fraction of sp³-hybridized carbons (Fsp3) is 0.211. The number of carbonyl (C=O) groups excluding carboxylic acids is 1. The van der Waals surface area contributed by atoms with E-state index in [4.69, 9.17) is 4.74 Å². The van der Waals surface area contributed by atoms with Gasteiger partial charge in [-0.3, -0.25) is 14.9 Å². The molecule has 0 aliphatic carbocycles. The van der Waals surface area contributed by atoms with Crippen LogP contribution in [0.25, 0.3) is 6.08 Å². The van der Waals surface area contributed by atoms with Gasteiger partial charge in [-0.1, -0.05) is 24.3 Å². The number of non-ortho nitro benzene ring substituents is 1. The molecule has 1 aliphatic rings. The van der Waals surface area contributed by atoms with Gasteiger partial charge in [0.05, 0.1) is 17.2 Å². The van der Waals surface area contributed by atoms with Crippen LogP contribution < -0.4 is 9.64 Å². The largest absolute Gasteiger partial charge is 0.486 e. The van der Waals surface area contributed by atoms with Gasteiger partial charge in [0.25, 0.3) is 11.6 Å². The predicted molar refractivity (Wildman–Crippen MR) is 96.0 cm³/mol. The van der Waals surface area contributed by atoms with Crippen molar-refractivity contribution >= 4 is 23.4 Å². The zero-order valence-corrected chi connectivity index (χ0v) is 14.0. The Hall–Kier alpha value is -3.15. The Balaban J connectivity index is 1.99. The molecule has 25 heavy (non-hydrogen) atoms. The second kappa shape index (κ2) is 6.76. The average molecular weight is 338 g/mol. The van der Waals surface area contributed by atoms with E-state index in [0.29, 0.717) is 23.5 Å². The van der Waals surface area contributed by atoms with Crippen LogP contribution in [0.1, 0.15) is 29.8 Å². The molecule has 1 aliphatic heterocycles. The highest BCUT2D eigenvalue weighted by Crippen LogP contribution is 2.38. The Morgan fingerprint density at radius 3 is 2.64 bits per heavy atom. The van der Waals surface area contributed by atoms with Crippen LogP contribution in [-0.4, -0.2) is 23.5 Å². The number of benzene rings is 2. The number of fused-ring (bicyclic) bond motifs is 1. The van der Waals surface area contributed by atoms with Crippen LogP contribution in [-0.2, 0) is 0 Å². The van der Waals surface area contributed by atoms with Crippen LogP contribution in [0.3, 0.4) is 0 Å². The number of para-hydroxylation sites is 1. The summed E-state index contributed by atoms with van der Waals surface area (Å²) in [6, 6.07) is 11.3. The summed E-state index contributed by atoms with van der Waals surface area (Å²) in [6.07, 6.45) is 3.70. The van der Waals surface area contributed by atoms with Crippen molar-refractivity contribution in [1.29, 1.82) is 0 Å². The lowest BCUT2D eigenvalue weighted by Gasteiger charge is -2.34. The zero-order chi connectivity index (χ0) is 18.0. The molecule has 6 heteroatoms. The minimum Gasteiger partial charge on any atom is -0.486 e. The number of hydrogen-bond donors (Lipinski definition) is 0. The molecule has 2 aromatic rings. The molecule has 128 valence electrons. The fourth-order valence-corrected chi connectivity index (χ4v) is 2.86. The summed E-state index contributed by atoms with van der Waals surface area (Å²) in [5, 5.41) is 10.8. The zero-order valence-electron chi connectivity index (χ0n) is 14.0. The van der Waals surface area contributed by atoms with Gasteiger partial charge in [0.2, 0.25) is 0 Å². The first kappa shape index (κ1) is 16.7. The van der Waals surface area contributed by atoms with Crippen molar-refractivity contribution in [2.24, 2.45) is 0 Å². The molecule has 1 amide bonds. The van der Waals surface area contributed by atoms with Crippen molar-refractivity contribution in [3.8, 4) is 5.75 Å². The van der Waals surface area contributed by atoms with Crippen LogP contribution in [0.4, 0.5) is 11.4 Å². The first-order valence-electron chi connectivity index (χ1n) is 8.00. The Bertz CT molecular complexity index is 843. The van der Waals surface area contributed by atoms with Gasteiger partial charge >= 0.3 is 0 Å². The molecule has 3 rings (SSSR count). The standard InChI is InChI=1S/C19H18N2O4/c1-3-5-14-6-4-7-17-18(14)25-13(2)12-20(17)19(22)15-8-10-16(11-9-15)21(23)24/h3-11,13H,12H2,1-2H3. The molecule has 1 atom stereocenters. The third-order valence-corrected chi connectivity index (χ3v) is 3.99. The summed E-state index contributed by atoms with van der Waals surface area (Å²) in [5.74, 6) is 0.471. The van der Waals surface area contributed by atoms with Gasteiger partial charge in [0, 0.05) is 23.3 Å². The Morgan fingerprint density at radius 2 is 2.00 bits per heavy atom. The van der Waals surface area contributed by atoms with Gasteiger partial charge in [-0.2, -0.15) is 0 Å². The molecule has 0 spiro atoms. The van der Waals surface area contributed by atoms with Gasteiger partial charge in [-0.05, 0) is 32.0 Å². The topological polar surface area (TPSA) is 72.7 Å². The number of nitro benzene ring substituents is 1. The number of anilines is 1. The van der Waals surface area contributed by atoms with E-state index >= 15 is 0 Å². The van der Waals surface area contributed by atoms with E-state index in [9.17, 15) is 14.9 Å². The average Bonchev–Trinajstić information content (AvgIpc) is 2.61. The lowest BCUT2D eigenvalue weighted by atomic mass is 10.1. The molecule has 0 aromatic heterocycles. The number of nitrogens with zero attached hydrogens (tertiary/aromatic N) is 2. The van der Waals surface area contributed by atoms with Crippen molar-refractivity contribution in [2.75, 3.05) is 11.4 Å². The lowest BCUT2D eigenvalue weighted by Crippen LogP contribution is -2.42. The van der Waals surface area contributed by atoms with Crippen molar-refractivity contribution in [1.82, 2.24) is 0 Å². The number of rotatable bonds is 3. The third kappa shape index (κ3) is 3.24. The van der Waals surface area contributed by atoms with Crippen molar-refractivity contribution in [3.63, 3.8) is 0 Å². The summed E-state index contributed by atoms with van der Waals surface area (Å²) in [7, 11) is 0. The molecule has 6 nitrogen and oxygen atoms in total. The first-order valence-corrected chi connectivity index (χ1v) is 8.00. The Kier molecular flexibility index (Phi) is 4.52. The van der Waals surface area contributed by atoms with Gasteiger partial charge in [0.15, 0.2) is 5.75 Å². The van der Waals surface area contributed by atoms with Gasteiger partial charge in [-0.25, -0.2) is 0 Å². The minimum atomic E-state index is -0.482. The highest BCUT2D eigenvalue weighted by atomic mass is 16.6. The van der Waals surface area contributed by atoms with Crippen LogP contribution >= 0.6 is 0 Å². The van der Waals surface area contributed by atoms with Gasteiger partial charge < -0.3 is 9.64 Å². The van der Waals surface area contributed by atoms with E-state index in [1.807, 2.05) is 44.2 Å². The second-order valence-electron chi connectivity index (χ2n) is 5.84. The predicted octanol–water partition coefficient (Wildman–Crippen LogP) is 4.06. The second-order valence-corrected chi connectivity index (χ2v) is 5.84. The molecule has 0 bridgehead atoms. The van der Waals surface area contributed by atoms with E-state index in [0.717, 1.165) is 5.56 Å². The Morgan fingerprint density at radius 1 is 1.28 bits per heavy atom. The number of carbonyl (C=O) groups is 1. The quantitative estimate of drug-likeness (QED) is 0.625. The van der Waals surface area contributed by atoms with Crippen molar-refractivity contribution < 1.29 is 14.5 Å². The number of allylic oxidation sites excluding steroid dienone is 1. The van der Waals surface area contributed by atoms with E-state index in [-0.39, 0.29) is 17.7 Å². The maximum Gasteiger partial charge on any atom is 0.269 e. The fourth-order valence-electron chi connectivity index (χ4n) is 2.86. The van der Waals surface area contributed by atoms with Gasteiger partial charge in [0.1, 0.15) is 6.10 Å². The number of ether oxygens (including phenoxy) is 1. The minimum absolute atomic E-state index is 0.0392. The molecule has 0 N–H and O–H groups in total. The molecule has 2 aromatic carbocycles. The smallest absolute Gasteiger partial charge is 0.269 e. The summed E-state index contributed by atoms with van der Waals surface area (Å²) >= 11 is 0. The van der Waals surface area contributed by atoms with E-state index < -0.39 is 4.92 Å². The molecule has 0 saturated carbocycles. The maximum atomic E-state index is 12.9. The molecule has 1 unspecified atom stereocenters. The van der Waals surface area contributed by atoms with Crippen LogP contribution in [0.15, 0.2) is 48.5 Å². The van der Waals surface area contributed by atoms with Crippen molar-refractivity contribution in [3.05, 3.63) is 69.8 Å². The van der Waals surface area contributed by atoms with E-state index in [1.165, 1.54) is 24.3 Å². The van der Waals surface area contributed by atoms with Crippen LogP contribution in [0.2, 0.25) is 0 Å². The third-order valence-electron chi connectivity index (χ3n) is 3.99. The molecular formula is C19H18N2O4. The first-order chi connectivity index (χ1) is 12.0. The summed E-state index contributed by atoms with van der Waals surface area (Å²) in [4.78, 5) is 24.9. The number of nitro groups is 1. The lowest BCUT2D eigenvalue weighted by molar-refractivity contribution is -0.384.